The van der Waals surface area contributed by atoms with E-state index in [-0.39, 0.29) is 0 Å². The van der Waals surface area contributed by atoms with Gasteiger partial charge in [-0.1, -0.05) is 25.1 Å². The number of thiazole rings is 1. The van der Waals surface area contributed by atoms with Gasteiger partial charge in [0.05, 0.1) is 5.01 Å². The van der Waals surface area contributed by atoms with E-state index < -0.39 is 0 Å². The third-order valence-corrected chi connectivity index (χ3v) is 4.64. The van der Waals surface area contributed by atoms with Gasteiger partial charge in [-0.05, 0) is 42.5 Å². The Morgan fingerprint density at radius 1 is 1.32 bits per heavy atom. The molecule has 1 unspecified atom stereocenters. The lowest BCUT2D eigenvalue weighted by molar-refractivity contribution is 0.548. The number of nitrogens with one attached hydrogen (secondary N) is 1. The van der Waals surface area contributed by atoms with Crippen LogP contribution >= 0.6 is 11.3 Å². The van der Waals surface area contributed by atoms with Gasteiger partial charge in [-0.2, -0.15) is 0 Å². The van der Waals surface area contributed by atoms with E-state index >= 15 is 0 Å². The Morgan fingerprint density at radius 2 is 2.21 bits per heavy atom. The second-order valence-electron chi connectivity index (χ2n) is 5.12. The zero-order valence-electron chi connectivity index (χ0n) is 11.4. The van der Waals surface area contributed by atoms with Gasteiger partial charge in [0.2, 0.25) is 0 Å². The topological polar surface area (TPSA) is 24.9 Å². The monoisotopic (exact) mass is 272 g/mol. The summed E-state index contributed by atoms with van der Waals surface area (Å²) in [5, 5.41) is 6.87. The molecule has 1 aromatic carbocycles. The molecule has 1 aliphatic carbocycles. The Hall–Kier alpha value is -1.19. The summed E-state index contributed by atoms with van der Waals surface area (Å²) < 4.78 is 0. The predicted molar refractivity (Wildman–Crippen MR) is 80.7 cm³/mol. The van der Waals surface area contributed by atoms with E-state index in [9.17, 15) is 0 Å². The summed E-state index contributed by atoms with van der Waals surface area (Å²) in [6.45, 7) is 3.16. The lowest BCUT2D eigenvalue weighted by Gasteiger charge is -2.18. The summed E-state index contributed by atoms with van der Waals surface area (Å²) in [5.41, 5.74) is 4.52. The average molecular weight is 272 g/mol. The van der Waals surface area contributed by atoms with Crippen LogP contribution in [0.3, 0.4) is 0 Å². The standard InChI is InChI=1S/C16H20N2S/c1-2-17-15(11-16-18-8-9-19-16)14-7-6-12-4-3-5-13(12)10-14/h6-10,15,17H,2-5,11H2,1H3. The van der Waals surface area contributed by atoms with Crippen molar-refractivity contribution >= 4 is 11.3 Å². The molecular weight excluding hydrogens is 252 g/mol. The minimum absolute atomic E-state index is 0.391. The van der Waals surface area contributed by atoms with Crippen LogP contribution in [0, 0.1) is 0 Å². The van der Waals surface area contributed by atoms with Crippen molar-refractivity contribution in [3.63, 3.8) is 0 Å². The molecule has 1 aliphatic rings. The van der Waals surface area contributed by atoms with Crippen molar-refractivity contribution in [2.75, 3.05) is 6.54 Å². The molecule has 0 saturated carbocycles. The first kappa shape index (κ1) is 12.8. The first-order chi connectivity index (χ1) is 9.36. The first-order valence-electron chi connectivity index (χ1n) is 7.10. The van der Waals surface area contributed by atoms with Crippen LogP contribution in [0.25, 0.3) is 0 Å². The molecule has 1 N–H and O–H groups in total. The fourth-order valence-electron chi connectivity index (χ4n) is 2.89. The van der Waals surface area contributed by atoms with Crippen LogP contribution in [-0.4, -0.2) is 11.5 Å². The van der Waals surface area contributed by atoms with E-state index in [0.717, 1.165) is 13.0 Å². The molecule has 0 amide bonds. The fourth-order valence-corrected chi connectivity index (χ4v) is 3.55. The highest BCUT2D eigenvalue weighted by molar-refractivity contribution is 7.09. The van der Waals surface area contributed by atoms with E-state index in [1.165, 1.54) is 29.8 Å². The first-order valence-corrected chi connectivity index (χ1v) is 7.98. The highest BCUT2D eigenvalue weighted by Gasteiger charge is 2.16. The van der Waals surface area contributed by atoms with Gasteiger partial charge in [0.25, 0.3) is 0 Å². The summed E-state index contributed by atoms with van der Waals surface area (Å²) in [6.07, 6.45) is 6.71. The number of benzene rings is 1. The molecule has 0 bridgehead atoms. The highest BCUT2D eigenvalue weighted by atomic mass is 32.1. The summed E-state index contributed by atoms with van der Waals surface area (Å²) in [6, 6.07) is 7.42. The molecule has 3 heteroatoms. The maximum Gasteiger partial charge on any atom is 0.0943 e. The predicted octanol–water partition coefficient (Wildman–Crippen LogP) is 3.53. The lowest BCUT2D eigenvalue weighted by Crippen LogP contribution is -2.23. The average Bonchev–Trinajstić information content (AvgIpc) is 3.08. The van der Waals surface area contributed by atoms with Crippen LogP contribution in [0.2, 0.25) is 0 Å². The molecule has 3 rings (SSSR count). The summed E-state index contributed by atoms with van der Waals surface area (Å²) in [5.74, 6) is 0. The van der Waals surface area contributed by atoms with Crippen LogP contribution in [0.1, 0.15) is 41.1 Å². The normalized spacial score (nSPS) is 15.4. The number of hydrogen-bond donors (Lipinski definition) is 1. The largest absolute Gasteiger partial charge is 0.310 e. The fraction of sp³-hybridized carbons (Fsp3) is 0.438. The van der Waals surface area contributed by atoms with Crippen molar-refractivity contribution < 1.29 is 0 Å². The molecule has 1 aromatic heterocycles. The third-order valence-electron chi connectivity index (χ3n) is 3.84. The minimum atomic E-state index is 0.391. The van der Waals surface area contributed by atoms with Crippen molar-refractivity contribution in [2.45, 2.75) is 38.6 Å². The van der Waals surface area contributed by atoms with E-state index in [4.69, 9.17) is 0 Å². The molecule has 0 spiro atoms. The van der Waals surface area contributed by atoms with Crippen LogP contribution in [-0.2, 0) is 19.3 Å². The Morgan fingerprint density at radius 3 is 3.00 bits per heavy atom. The Balaban J connectivity index is 1.83. The van der Waals surface area contributed by atoms with Crippen LogP contribution in [0.5, 0.6) is 0 Å². The Kier molecular flexibility index (Phi) is 3.95. The van der Waals surface area contributed by atoms with E-state index in [0.29, 0.717) is 6.04 Å². The number of likely N-dealkylation sites (N-methyl/N-ethyl adjacent to an activating group) is 1. The highest BCUT2D eigenvalue weighted by Crippen LogP contribution is 2.27. The molecule has 0 radical (unpaired) electrons. The van der Waals surface area contributed by atoms with Crippen LogP contribution < -0.4 is 5.32 Å². The van der Waals surface area contributed by atoms with E-state index in [2.05, 4.69) is 40.8 Å². The number of rotatable bonds is 5. The van der Waals surface area contributed by atoms with Gasteiger partial charge >= 0.3 is 0 Å². The van der Waals surface area contributed by atoms with Crippen molar-refractivity contribution in [3.05, 3.63) is 51.5 Å². The zero-order chi connectivity index (χ0) is 13.1. The number of fused-ring (bicyclic) bond motifs is 1. The van der Waals surface area contributed by atoms with Crippen molar-refractivity contribution in [1.29, 1.82) is 0 Å². The summed E-state index contributed by atoms with van der Waals surface area (Å²) in [4.78, 5) is 4.41. The Labute approximate surface area is 118 Å². The molecular formula is C16H20N2S. The molecule has 0 fully saturated rings. The van der Waals surface area contributed by atoms with Gasteiger partial charge in [0.15, 0.2) is 0 Å². The molecule has 1 heterocycles. The van der Waals surface area contributed by atoms with Gasteiger partial charge in [-0.25, -0.2) is 4.98 Å². The van der Waals surface area contributed by atoms with Gasteiger partial charge in [0, 0.05) is 24.0 Å². The van der Waals surface area contributed by atoms with Crippen molar-refractivity contribution in [1.82, 2.24) is 10.3 Å². The number of aryl methyl sites for hydroxylation is 2. The van der Waals surface area contributed by atoms with E-state index in [1.54, 1.807) is 22.5 Å². The Bertz CT molecular complexity index is 534. The molecule has 2 nitrogen and oxygen atoms in total. The van der Waals surface area contributed by atoms with E-state index in [1.807, 2.05) is 6.20 Å². The smallest absolute Gasteiger partial charge is 0.0943 e. The molecule has 100 valence electrons. The molecule has 0 saturated heterocycles. The molecule has 0 aliphatic heterocycles. The molecule has 2 aromatic rings. The van der Waals surface area contributed by atoms with Gasteiger partial charge in [-0.3, -0.25) is 0 Å². The third kappa shape index (κ3) is 2.88. The SMILES string of the molecule is CCNC(Cc1nccs1)c1ccc2c(c1)CCC2. The van der Waals surface area contributed by atoms with Gasteiger partial charge in [0.1, 0.15) is 0 Å². The maximum atomic E-state index is 4.41. The van der Waals surface area contributed by atoms with Crippen LogP contribution in [0.15, 0.2) is 29.8 Å². The maximum absolute atomic E-state index is 4.41. The summed E-state index contributed by atoms with van der Waals surface area (Å²) >= 11 is 1.75. The van der Waals surface area contributed by atoms with Crippen LogP contribution in [0.4, 0.5) is 0 Å². The van der Waals surface area contributed by atoms with Crippen molar-refractivity contribution in [2.24, 2.45) is 0 Å². The van der Waals surface area contributed by atoms with Crippen molar-refractivity contribution in [3.8, 4) is 0 Å². The number of aromatic nitrogens is 1. The number of nitrogens with zero attached hydrogens (tertiary/aromatic N) is 1. The quantitative estimate of drug-likeness (QED) is 0.900. The second-order valence-corrected chi connectivity index (χ2v) is 6.10. The van der Waals surface area contributed by atoms with Gasteiger partial charge < -0.3 is 5.32 Å². The molecule has 19 heavy (non-hydrogen) atoms. The lowest BCUT2D eigenvalue weighted by atomic mass is 9.99. The summed E-state index contributed by atoms with van der Waals surface area (Å²) in [7, 11) is 0. The minimum Gasteiger partial charge on any atom is -0.310 e. The molecule has 1 atom stereocenters. The second kappa shape index (κ2) is 5.85. The zero-order valence-corrected chi connectivity index (χ0v) is 12.2. The number of hydrogen-bond acceptors (Lipinski definition) is 3. The van der Waals surface area contributed by atoms with Gasteiger partial charge in [-0.15, -0.1) is 11.3 Å².